The highest BCUT2D eigenvalue weighted by molar-refractivity contribution is 6.51. The van der Waals surface area contributed by atoms with Crippen LogP contribution in [0.3, 0.4) is 0 Å². The van der Waals surface area contributed by atoms with Crippen LogP contribution in [0, 0.1) is 6.92 Å². The first kappa shape index (κ1) is 29.3. The average Bonchev–Trinajstić information content (AvgIpc) is 3.29. The number of amides is 1. The number of rotatable bonds is 9. The third-order valence-corrected chi connectivity index (χ3v) is 7.47. The van der Waals surface area contributed by atoms with Crippen LogP contribution in [0.5, 0.6) is 17.2 Å². The number of benzene rings is 4. The molecule has 1 atom stereocenters. The summed E-state index contributed by atoms with van der Waals surface area (Å²) in [6, 6.07) is 26.7. The van der Waals surface area contributed by atoms with Crippen molar-refractivity contribution < 1.29 is 28.9 Å². The summed E-state index contributed by atoms with van der Waals surface area (Å²) in [7, 11) is 6.89. The Morgan fingerprint density at radius 3 is 2.09 bits per heavy atom. The molecule has 4 aromatic carbocycles. The largest absolute Gasteiger partial charge is 0.507 e. The maximum atomic E-state index is 13.7. The average molecular weight is 579 g/mol. The number of hydrogen-bond donors (Lipinski definition) is 1. The second kappa shape index (κ2) is 12.3. The first-order valence-corrected chi connectivity index (χ1v) is 13.8. The van der Waals surface area contributed by atoms with Crippen molar-refractivity contribution >= 4 is 28.8 Å². The van der Waals surface area contributed by atoms with Gasteiger partial charge in [0.1, 0.15) is 29.6 Å². The minimum absolute atomic E-state index is 0.0123. The fourth-order valence-electron chi connectivity index (χ4n) is 5.15. The summed E-state index contributed by atoms with van der Waals surface area (Å²) < 4.78 is 16.9. The molecular weight excluding hydrogens is 544 g/mol. The highest BCUT2D eigenvalue weighted by Crippen LogP contribution is 2.44. The van der Waals surface area contributed by atoms with Gasteiger partial charge in [0.15, 0.2) is 0 Å². The number of Topliss-reactive ketones (excluding diaryl/α,β-unsaturated/α-hetero) is 1. The molecule has 0 aromatic heterocycles. The molecule has 0 saturated carbocycles. The van der Waals surface area contributed by atoms with Gasteiger partial charge in [0, 0.05) is 43.5 Å². The Morgan fingerprint density at radius 2 is 1.51 bits per heavy atom. The van der Waals surface area contributed by atoms with Crippen molar-refractivity contribution in [3.05, 3.63) is 119 Å². The lowest BCUT2D eigenvalue weighted by molar-refractivity contribution is -0.132. The molecule has 0 spiro atoms. The minimum atomic E-state index is -0.901. The third-order valence-electron chi connectivity index (χ3n) is 7.47. The fraction of sp³-hybridized carbons (Fsp3) is 0.200. The van der Waals surface area contributed by atoms with Crippen molar-refractivity contribution in [2.24, 2.45) is 0 Å². The summed E-state index contributed by atoms with van der Waals surface area (Å²) in [4.78, 5) is 30.7. The van der Waals surface area contributed by atoms with Crippen LogP contribution in [-0.4, -0.2) is 45.1 Å². The molecule has 0 aliphatic carbocycles. The summed E-state index contributed by atoms with van der Waals surface area (Å²) in [6.45, 7) is 2.26. The quantitative estimate of drug-likeness (QED) is 0.142. The van der Waals surface area contributed by atoms with Gasteiger partial charge in [-0.25, -0.2) is 0 Å². The van der Waals surface area contributed by atoms with Gasteiger partial charge in [-0.3, -0.25) is 14.5 Å². The van der Waals surface area contributed by atoms with Gasteiger partial charge >= 0.3 is 0 Å². The van der Waals surface area contributed by atoms with Crippen LogP contribution in [0.2, 0.25) is 0 Å². The molecule has 1 amide bonds. The van der Waals surface area contributed by atoms with E-state index in [1.165, 1.54) is 19.1 Å². The summed E-state index contributed by atoms with van der Waals surface area (Å²) >= 11 is 0. The number of aliphatic hydroxyl groups is 1. The summed E-state index contributed by atoms with van der Waals surface area (Å²) in [6.07, 6.45) is 0. The van der Waals surface area contributed by atoms with Crippen LogP contribution >= 0.6 is 0 Å². The molecule has 1 saturated heterocycles. The van der Waals surface area contributed by atoms with E-state index in [4.69, 9.17) is 14.2 Å². The van der Waals surface area contributed by atoms with Crippen molar-refractivity contribution in [3.63, 3.8) is 0 Å². The van der Waals surface area contributed by atoms with E-state index in [2.05, 4.69) is 0 Å². The third kappa shape index (κ3) is 5.90. The number of anilines is 2. The normalized spacial score (nSPS) is 15.8. The number of methoxy groups -OCH3 is 2. The van der Waals surface area contributed by atoms with Gasteiger partial charge in [-0.05, 0) is 53.9 Å². The summed E-state index contributed by atoms with van der Waals surface area (Å²) in [5, 5.41) is 11.7. The van der Waals surface area contributed by atoms with Crippen LogP contribution in [0.25, 0.3) is 5.76 Å². The molecule has 43 heavy (non-hydrogen) atoms. The second-order valence-electron chi connectivity index (χ2n) is 10.5. The molecule has 220 valence electrons. The van der Waals surface area contributed by atoms with Crippen LogP contribution in [0.4, 0.5) is 11.4 Å². The molecule has 0 bridgehead atoms. The highest BCUT2D eigenvalue weighted by atomic mass is 16.5. The van der Waals surface area contributed by atoms with E-state index in [0.29, 0.717) is 40.7 Å². The molecule has 1 heterocycles. The Bertz CT molecular complexity index is 1660. The maximum Gasteiger partial charge on any atom is 0.300 e. The van der Waals surface area contributed by atoms with Crippen molar-refractivity contribution in [2.75, 3.05) is 38.1 Å². The van der Waals surface area contributed by atoms with Gasteiger partial charge in [0.25, 0.3) is 11.7 Å². The number of ether oxygens (including phenoxy) is 3. The molecule has 1 N–H and O–H groups in total. The van der Waals surface area contributed by atoms with Crippen LogP contribution < -0.4 is 24.0 Å². The van der Waals surface area contributed by atoms with E-state index >= 15 is 0 Å². The van der Waals surface area contributed by atoms with E-state index in [0.717, 1.165) is 16.8 Å². The van der Waals surface area contributed by atoms with E-state index in [-0.39, 0.29) is 11.3 Å². The van der Waals surface area contributed by atoms with E-state index < -0.39 is 17.7 Å². The second-order valence-corrected chi connectivity index (χ2v) is 10.5. The fourth-order valence-corrected chi connectivity index (χ4v) is 5.15. The number of aryl methyl sites for hydroxylation is 1. The lowest BCUT2D eigenvalue weighted by Crippen LogP contribution is -2.29. The minimum Gasteiger partial charge on any atom is -0.507 e. The number of aliphatic hydroxyl groups excluding tert-OH is 1. The van der Waals surface area contributed by atoms with E-state index in [1.807, 2.05) is 80.5 Å². The topological polar surface area (TPSA) is 88.5 Å². The van der Waals surface area contributed by atoms with Gasteiger partial charge in [-0.1, -0.05) is 42.5 Å². The SMILES string of the molecule is COc1cc(OC)cc(N2C(=O)C(=O)/C(=C(/O)c3ccc(OCc4ccccc4)c(C)c3)C2c2ccc(N(C)C)cc2)c1. The molecule has 1 aliphatic heterocycles. The van der Waals surface area contributed by atoms with Gasteiger partial charge in [-0.15, -0.1) is 0 Å². The van der Waals surface area contributed by atoms with E-state index in [9.17, 15) is 14.7 Å². The zero-order valence-corrected chi connectivity index (χ0v) is 24.8. The Balaban J connectivity index is 1.60. The Hall–Kier alpha value is -5.24. The predicted molar refractivity (Wildman–Crippen MR) is 167 cm³/mol. The molecular formula is C35H34N2O6. The molecule has 4 aromatic rings. The zero-order chi connectivity index (χ0) is 30.7. The Labute approximate surface area is 251 Å². The lowest BCUT2D eigenvalue weighted by Gasteiger charge is -2.26. The molecule has 8 heteroatoms. The van der Waals surface area contributed by atoms with Crippen molar-refractivity contribution in [2.45, 2.75) is 19.6 Å². The van der Waals surface area contributed by atoms with Crippen molar-refractivity contribution in [1.82, 2.24) is 0 Å². The first-order chi connectivity index (χ1) is 20.7. The summed E-state index contributed by atoms with van der Waals surface area (Å²) in [5.74, 6) is -0.254. The first-order valence-electron chi connectivity index (χ1n) is 13.8. The molecule has 8 nitrogen and oxygen atoms in total. The standard InChI is InChI=1S/C35H34N2O6/c1-22-17-25(13-16-30(22)43-21-23-9-7-6-8-10-23)33(38)31-32(24-11-14-26(15-12-24)36(2)3)37(35(40)34(31)39)27-18-28(41-4)20-29(19-27)42-5/h6-20,32,38H,21H2,1-5H3/b33-31+. The monoisotopic (exact) mass is 578 g/mol. The van der Waals surface area contributed by atoms with Crippen LogP contribution in [-0.2, 0) is 16.2 Å². The van der Waals surface area contributed by atoms with Crippen molar-refractivity contribution in [1.29, 1.82) is 0 Å². The molecule has 5 rings (SSSR count). The molecule has 1 unspecified atom stereocenters. The maximum absolute atomic E-state index is 13.7. The number of carbonyl (C=O) groups is 2. The highest BCUT2D eigenvalue weighted by Gasteiger charge is 2.47. The number of carbonyl (C=O) groups excluding carboxylic acids is 2. The van der Waals surface area contributed by atoms with Gasteiger partial charge < -0.3 is 24.2 Å². The predicted octanol–water partition coefficient (Wildman–Crippen LogP) is 6.28. The molecule has 1 aliphatic rings. The number of ketones is 1. The van der Waals surface area contributed by atoms with Gasteiger partial charge in [0.2, 0.25) is 0 Å². The van der Waals surface area contributed by atoms with Gasteiger partial charge in [-0.2, -0.15) is 0 Å². The smallest absolute Gasteiger partial charge is 0.300 e. The van der Waals surface area contributed by atoms with Crippen LogP contribution in [0.1, 0.15) is 28.3 Å². The molecule has 1 fully saturated rings. The Kier molecular flexibility index (Phi) is 8.39. The Morgan fingerprint density at radius 1 is 0.860 bits per heavy atom. The number of nitrogens with zero attached hydrogens (tertiary/aromatic N) is 2. The molecule has 0 radical (unpaired) electrons. The van der Waals surface area contributed by atoms with E-state index in [1.54, 1.807) is 36.4 Å². The van der Waals surface area contributed by atoms with Crippen LogP contribution in [0.15, 0.2) is 96.6 Å². The zero-order valence-electron chi connectivity index (χ0n) is 24.8. The lowest BCUT2D eigenvalue weighted by atomic mass is 9.94. The van der Waals surface area contributed by atoms with Gasteiger partial charge in [0.05, 0.1) is 31.5 Å². The summed E-state index contributed by atoms with van der Waals surface area (Å²) in [5.41, 5.74) is 4.21. The van der Waals surface area contributed by atoms with Crippen molar-refractivity contribution in [3.8, 4) is 17.2 Å². The number of hydrogen-bond acceptors (Lipinski definition) is 7.